The molecule has 0 bridgehead atoms. The number of carbonyl (C=O) groups is 3. The van der Waals surface area contributed by atoms with E-state index >= 15 is 0 Å². The molecule has 1 aromatic carbocycles. The van der Waals surface area contributed by atoms with Gasteiger partial charge < -0.3 is 20.7 Å². The Morgan fingerprint density at radius 1 is 1.19 bits per heavy atom. The largest absolute Gasteiger partial charge is 0.370 e. The number of benzene rings is 1. The van der Waals surface area contributed by atoms with Gasteiger partial charge in [0.25, 0.3) is 5.91 Å². The van der Waals surface area contributed by atoms with Gasteiger partial charge in [0.1, 0.15) is 6.61 Å². The first-order valence-electron chi connectivity index (χ1n) is 9.07. The highest BCUT2D eigenvalue weighted by atomic mass is 16.5. The lowest BCUT2D eigenvalue weighted by Crippen LogP contribution is -2.54. The molecule has 0 aliphatic carbocycles. The number of nitrogens with two attached hydrogens (primary N) is 1. The zero-order valence-electron chi connectivity index (χ0n) is 14.7. The van der Waals surface area contributed by atoms with Crippen LogP contribution >= 0.6 is 0 Å². The first kappa shape index (κ1) is 18.4. The molecular weight excluding hydrogens is 334 g/mol. The molecule has 0 unspecified atom stereocenters. The molecule has 140 valence electrons. The van der Waals surface area contributed by atoms with Gasteiger partial charge in [-0.1, -0.05) is 30.3 Å². The molecular formula is C19H25N3O4. The monoisotopic (exact) mass is 359 g/mol. The fourth-order valence-electron chi connectivity index (χ4n) is 3.65. The smallest absolute Gasteiger partial charge is 0.254 e. The van der Waals surface area contributed by atoms with Crippen molar-refractivity contribution in [1.29, 1.82) is 0 Å². The molecule has 3 amide bonds. The van der Waals surface area contributed by atoms with Gasteiger partial charge in [-0.05, 0) is 30.7 Å². The van der Waals surface area contributed by atoms with Crippen molar-refractivity contribution >= 4 is 17.7 Å². The fourth-order valence-corrected chi connectivity index (χ4v) is 3.65. The van der Waals surface area contributed by atoms with E-state index in [0.717, 1.165) is 24.8 Å². The molecule has 2 atom stereocenters. The van der Waals surface area contributed by atoms with Gasteiger partial charge in [-0.25, -0.2) is 0 Å². The number of primary amides is 1. The first-order chi connectivity index (χ1) is 12.5. The summed E-state index contributed by atoms with van der Waals surface area (Å²) in [6.45, 7) is 1.17. The second-order valence-corrected chi connectivity index (χ2v) is 6.96. The number of morpholine rings is 1. The summed E-state index contributed by atoms with van der Waals surface area (Å²) in [5.41, 5.74) is 6.07. The number of carbonyl (C=O) groups excluding carboxylic acids is 3. The van der Waals surface area contributed by atoms with Crippen molar-refractivity contribution < 1.29 is 19.1 Å². The topological polar surface area (TPSA) is 102 Å². The zero-order valence-corrected chi connectivity index (χ0v) is 14.7. The van der Waals surface area contributed by atoms with Crippen molar-refractivity contribution in [3.63, 3.8) is 0 Å². The SMILES string of the molecule is NC(=O)CCC1CCN(C(=O)[C@H]2OCC(=O)N[C@@H]2c2ccccc2)CC1. The fraction of sp³-hybridized carbons (Fsp3) is 0.526. The Morgan fingerprint density at radius 2 is 1.88 bits per heavy atom. The van der Waals surface area contributed by atoms with Gasteiger partial charge in [0, 0.05) is 19.5 Å². The normalized spacial score (nSPS) is 24.2. The summed E-state index contributed by atoms with van der Waals surface area (Å²) < 4.78 is 5.61. The molecule has 0 radical (unpaired) electrons. The molecule has 0 aromatic heterocycles. The summed E-state index contributed by atoms with van der Waals surface area (Å²) in [4.78, 5) is 37.5. The number of rotatable bonds is 5. The Morgan fingerprint density at radius 3 is 2.54 bits per heavy atom. The zero-order chi connectivity index (χ0) is 18.5. The standard InChI is InChI=1S/C19H25N3O4/c20-15(23)7-6-13-8-10-22(11-9-13)19(25)18-17(21-16(24)12-26-18)14-4-2-1-3-5-14/h1-5,13,17-18H,6-12H2,(H2,20,23)(H,21,24)/t17-,18+/m1/s1. The highest BCUT2D eigenvalue weighted by Gasteiger charge is 2.39. The van der Waals surface area contributed by atoms with Gasteiger partial charge in [0.15, 0.2) is 6.10 Å². The van der Waals surface area contributed by atoms with Gasteiger partial charge in [-0.2, -0.15) is 0 Å². The van der Waals surface area contributed by atoms with Crippen molar-refractivity contribution in [3.8, 4) is 0 Å². The number of nitrogens with one attached hydrogen (secondary N) is 1. The minimum absolute atomic E-state index is 0.0906. The van der Waals surface area contributed by atoms with Crippen molar-refractivity contribution in [2.45, 2.75) is 37.8 Å². The average Bonchev–Trinajstić information content (AvgIpc) is 2.67. The molecule has 2 aliphatic heterocycles. The molecule has 0 spiro atoms. The third kappa shape index (κ3) is 4.40. The Balaban J connectivity index is 1.63. The average molecular weight is 359 g/mol. The second-order valence-electron chi connectivity index (χ2n) is 6.96. The summed E-state index contributed by atoms with van der Waals surface area (Å²) in [5, 5.41) is 2.88. The lowest BCUT2D eigenvalue weighted by molar-refractivity contribution is -0.156. The van der Waals surface area contributed by atoms with E-state index in [9.17, 15) is 14.4 Å². The van der Waals surface area contributed by atoms with Gasteiger partial charge in [-0.3, -0.25) is 14.4 Å². The molecule has 7 heteroatoms. The highest BCUT2D eigenvalue weighted by Crippen LogP contribution is 2.27. The molecule has 2 saturated heterocycles. The number of ether oxygens (including phenoxy) is 1. The van der Waals surface area contributed by atoms with Crippen LogP contribution in [0.15, 0.2) is 30.3 Å². The summed E-state index contributed by atoms with van der Waals surface area (Å²) in [6, 6.07) is 8.94. The summed E-state index contributed by atoms with van der Waals surface area (Å²) in [5.74, 6) is -0.163. The third-order valence-electron chi connectivity index (χ3n) is 5.14. The van der Waals surface area contributed by atoms with E-state index < -0.39 is 12.1 Å². The molecule has 7 nitrogen and oxygen atoms in total. The summed E-state index contributed by atoms with van der Waals surface area (Å²) in [6.07, 6.45) is 2.17. The Bertz CT molecular complexity index is 656. The predicted octanol–water partition coefficient (Wildman–Crippen LogP) is 0.747. The van der Waals surface area contributed by atoms with Crippen LogP contribution in [0.2, 0.25) is 0 Å². The maximum Gasteiger partial charge on any atom is 0.254 e. The van der Waals surface area contributed by atoms with E-state index in [4.69, 9.17) is 10.5 Å². The number of piperidine rings is 1. The van der Waals surface area contributed by atoms with Crippen molar-refractivity contribution in [2.24, 2.45) is 11.7 Å². The first-order valence-corrected chi connectivity index (χ1v) is 9.07. The van der Waals surface area contributed by atoms with Crippen LogP contribution in [0, 0.1) is 5.92 Å². The number of hydrogen-bond donors (Lipinski definition) is 2. The van der Waals surface area contributed by atoms with Crippen molar-refractivity contribution in [3.05, 3.63) is 35.9 Å². The van der Waals surface area contributed by atoms with Crippen LogP contribution < -0.4 is 11.1 Å². The van der Waals surface area contributed by atoms with Crippen LogP contribution in [-0.4, -0.2) is 48.4 Å². The number of amides is 3. The van der Waals surface area contributed by atoms with Gasteiger partial charge >= 0.3 is 0 Å². The van der Waals surface area contributed by atoms with E-state index in [0.29, 0.717) is 25.4 Å². The van der Waals surface area contributed by atoms with E-state index in [1.807, 2.05) is 30.3 Å². The molecule has 2 heterocycles. The second kappa shape index (κ2) is 8.31. The van der Waals surface area contributed by atoms with Crippen LogP contribution in [0.4, 0.5) is 0 Å². The predicted molar refractivity (Wildman–Crippen MR) is 94.8 cm³/mol. The van der Waals surface area contributed by atoms with Crippen molar-refractivity contribution in [1.82, 2.24) is 10.2 Å². The van der Waals surface area contributed by atoms with Crippen LogP contribution in [0.3, 0.4) is 0 Å². The molecule has 3 N–H and O–H groups in total. The van der Waals surface area contributed by atoms with Gasteiger partial charge in [0.05, 0.1) is 6.04 Å². The third-order valence-corrected chi connectivity index (χ3v) is 5.14. The van der Waals surface area contributed by atoms with E-state index in [1.54, 1.807) is 4.90 Å². The molecule has 1 aromatic rings. The Labute approximate surface area is 152 Å². The van der Waals surface area contributed by atoms with Crippen LogP contribution in [0.25, 0.3) is 0 Å². The molecule has 3 rings (SSSR count). The minimum Gasteiger partial charge on any atom is -0.370 e. The minimum atomic E-state index is -0.711. The Hall–Kier alpha value is -2.41. The maximum atomic E-state index is 13.0. The summed E-state index contributed by atoms with van der Waals surface area (Å²) >= 11 is 0. The number of nitrogens with zero attached hydrogens (tertiary/aromatic N) is 1. The highest BCUT2D eigenvalue weighted by molar-refractivity contribution is 5.86. The van der Waals surface area contributed by atoms with Gasteiger partial charge in [0.2, 0.25) is 11.8 Å². The molecule has 0 saturated carbocycles. The van der Waals surface area contributed by atoms with E-state index in [-0.39, 0.29) is 24.3 Å². The molecule has 26 heavy (non-hydrogen) atoms. The van der Waals surface area contributed by atoms with Gasteiger partial charge in [-0.15, -0.1) is 0 Å². The van der Waals surface area contributed by atoms with E-state index in [1.165, 1.54) is 0 Å². The van der Waals surface area contributed by atoms with Crippen LogP contribution in [-0.2, 0) is 19.1 Å². The quantitative estimate of drug-likeness (QED) is 0.810. The number of hydrogen-bond acceptors (Lipinski definition) is 4. The van der Waals surface area contributed by atoms with Crippen molar-refractivity contribution in [2.75, 3.05) is 19.7 Å². The maximum absolute atomic E-state index is 13.0. The number of likely N-dealkylation sites (tertiary alicyclic amines) is 1. The van der Waals surface area contributed by atoms with Crippen LogP contribution in [0.5, 0.6) is 0 Å². The lowest BCUT2D eigenvalue weighted by Gasteiger charge is -2.38. The summed E-state index contributed by atoms with van der Waals surface area (Å²) in [7, 11) is 0. The molecule has 2 aliphatic rings. The van der Waals surface area contributed by atoms with Crippen LogP contribution in [0.1, 0.15) is 37.3 Å². The van der Waals surface area contributed by atoms with E-state index in [2.05, 4.69) is 5.32 Å². The Kier molecular flexibility index (Phi) is 5.88. The molecule has 2 fully saturated rings. The lowest BCUT2D eigenvalue weighted by atomic mass is 9.91.